The summed E-state index contributed by atoms with van der Waals surface area (Å²) in [4.78, 5) is 11.2. The third kappa shape index (κ3) is 5.52. The van der Waals surface area contributed by atoms with Crippen molar-refractivity contribution in [2.45, 2.75) is 38.6 Å². The van der Waals surface area contributed by atoms with Crippen LogP contribution in [0.2, 0.25) is 0 Å². The Morgan fingerprint density at radius 1 is 1.28 bits per heavy atom. The highest BCUT2D eigenvalue weighted by Gasteiger charge is 2.13. The van der Waals surface area contributed by atoms with Gasteiger partial charge in [-0.1, -0.05) is 37.6 Å². The number of aryl methyl sites for hydroxylation is 1. The van der Waals surface area contributed by atoms with Crippen LogP contribution in [0.5, 0.6) is 0 Å². The molecule has 0 radical (unpaired) electrons. The van der Waals surface area contributed by atoms with Crippen LogP contribution in [0, 0.1) is 0 Å². The Labute approximate surface area is 115 Å². The fourth-order valence-electron chi connectivity index (χ4n) is 1.71. The molecule has 0 aliphatic carbocycles. The van der Waals surface area contributed by atoms with Gasteiger partial charge in [-0.2, -0.15) is 0 Å². The van der Waals surface area contributed by atoms with E-state index in [0.29, 0.717) is 6.42 Å². The van der Waals surface area contributed by atoms with E-state index < -0.39 is 6.04 Å². The van der Waals surface area contributed by atoms with Gasteiger partial charge in [0.25, 0.3) is 0 Å². The number of halogens is 1. The van der Waals surface area contributed by atoms with Crippen LogP contribution < -0.4 is 5.73 Å². The third-order valence-corrected chi connectivity index (χ3v) is 2.80. The molecule has 2 N–H and O–H groups in total. The van der Waals surface area contributed by atoms with Crippen LogP contribution in [0.4, 0.5) is 0 Å². The lowest BCUT2D eigenvalue weighted by Gasteiger charge is -2.09. The Hall–Kier alpha value is -1.06. The summed E-state index contributed by atoms with van der Waals surface area (Å²) in [5, 5.41) is 0. The van der Waals surface area contributed by atoms with Crippen molar-refractivity contribution < 1.29 is 9.53 Å². The Balaban J connectivity index is 0.00000289. The Kier molecular flexibility index (Phi) is 8.42. The molecule has 0 fully saturated rings. The van der Waals surface area contributed by atoms with Crippen LogP contribution >= 0.6 is 12.4 Å². The van der Waals surface area contributed by atoms with Crippen molar-refractivity contribution in [3.8, 4) is 0 Å². The number of hydrogen-bond donors (Lipinski definition) is 1. The molecular formula is C14H22ClNO2. The van der Waals surface area contributed by atoms with Gasteiger partial charge in [-0.15, -0.1) is 12.4 Å². The molecular weight excluding hydrogens is 250 g/mol. The van der Waals surface area contributed by atoms with Crippen molar-refractivity contribution in [1.82, 2.24) is 0 Å². The summed E-state index contributed by atoms with van der Waals surface area (Å²) in [5.41, 5.74) is 8.11. The van der Waals surface area contributed by atoms with E-state index >= 15 is 0 Å². The number of carbonyl (C=O) groups is 1. The lowest BCUT2D eigenvalue weighted by Crippen LogP contribution is -2.33. The molecule has 1 aromatic carbocycles. The third-order valence-electron chi connectivity index (χ3n) is 2.80. The molecule has 3 nitrogen and oxygen atoms in total. The standard InChI is InChI=1S/C14H21NO2.ClH/c1-3-4-5-11-6-8-12(9-7-11)10-13(15)14(16)17-2;/h6-9,13H,3-5,10,15H2,1-2H3;1H. The smallest absolute Gasteiger partial charge is 0.322 e. The molecule has 1 rings (SSSR count). The first kappa shape index (κ1) is 16.9. The number of esters is 1. The molecule has 0 amide bonds. The second-order valence-corrected chi connectivity index (χ2v) is 4.25. The summed E-state index contributed by atoms with van der Waals surface area (Å²) < 4.78 is 4.60. The van der Waals surface area contributed by atoms with Gasteiger partial charge in [0.05, 0.1) is 7.11 Å². The monoisotopic (exact) mass is 271 g/mol. The number of unbranched alkanes of at least 4 members (excludes halogenated alkanes) is 1. The summed E-state index contributed by atoms with van der Waals surface area (Å²) in [5.74, 6) is -0.361. The SMILES string of the molecule is CCCCc1ccc(CC(N)C(=O)OC)cc1.Cl. The molecule has 0 saturated carbocycles. The summed E-state index contributed by atoms with van der Waals surface area (Å²) in [6.07, 6.45) is 4.05. The largest absolute Gasteiger partial charge is 0.468 e. The number of methoxy groups -OCH3 is 1. The number of rotatable bonds is 6. The number of carbonyl (C=O) groups excluding carboxylic acids is 1. The Bertz CT molecular complexity index is 351. The van der Waals surface area contributed by atoms with Crippen LogP contribution in [0.15, 0.2) is 24.3 Å². The van der Waals surface area contributed by atoms with Crippen molar-refractivity contribution in [2.75, 3.05) is 7.11 Å². The fourth-order valence-corrected chi connectivity index (χ4v) is 1.71. The maximum atomic E-state index is 11.2. The normalized spacial score (nSPS) is 11.5. The van der Waals surface area contributed by atoms with Gasteiger partial charge in [0, 0.05) is 0 Å². The van der Waals surface area contributed by atoms with Gasteiger partial charge >= 0.3 is 5.97 Å². The highest BCUT2D eigenvalue weighted by molar-refractivity contribution is 5.85. The van der Waals surface area contributed by atoms with Crippen molar-refractivity contribution in [2.24, 2.45) is 5.73 Å². The zero-order chi connectivity index (χ0) is 12.7. The zero-order valence-electron chi connectivity index (χ0n) is 11.0. The minimum absolute atomic E-state index is 0. The van der Waals surface area contributed by atoms with E-state index in [1.807, 2.05) is 12.1 Å². The minimum atomic E-state index is -0.568. The second-order valence-electron chi connectivity index (χ2n) is 4.25. The topological polar surface area (TPSA) is 52.3 Å². The van der Waals surface area contributed by atoms with Crippen LogP contribution in [0.1, 0.15) is 30.9 Å². The molecule has 1 aromatic rings. The number of benzene rings is 1. The fraction of sp³-hybridized carbons (Fsp3) is 0.500. The van der Waals surface area contributed by atoms with E-state index in [1.165, 1.54) is 25.5 Å². The van der Waals surface area contributed by atoms with Gasteiger partial charge < -0.3 is 10.5 Å². The van der Waals surface area contributed by atoms with Gasteiger partial charge in [0.1, 0.15) is 6.04 Å². The van der Waals surface area contributed by atoms with Crippen LogP contribution in [-0.4, -0.2) is 19.1 Å². The van der Waals surface area contributed by atoms with E-state index in [9.17, 15) is 4.79 Å². The highest BCUT2D eigenvalue weighted by atomic mass is 35.5. The lowest BCUT2D eigenvalue weighted by atomic mass is 10.0. The van der Waals surface area contributed by atoms with Gasteiger partial charge in [-0.05, 0) is 30.4 Å². The first-order valence-corrected chi connectivity index (χ1v) is 6.08. The summed E-state index contributed by atoms with van der Waals surface area (Å²) in [7, 11) is 1.36. The molecule has 102 valence electrons. The minimum Gasteiger partial charge on any atom is -0.468 e. The van der Waals surface area contributed by atoms with Gasteiger partial charge in [0.15, 0.2) is 0 Å². The van der Waals surface area contributed by atoms with E-state index in [1.54, 1.807) is 0 Å². The molecule has 18 heavy (non-hydrogen) atoms. The average Bonchev–Trinajstić information content (AvgIpc) is 2.37. The molecule has 4 heteroatoms. The first-order valence-electron chi connectivity index (χ1n) is 6.08. The predicted octanol–water partition coefficient (Wildman–Crippen LogP) is 2.49. The predicted molar refractivity (Wildman–Crippen MR) is 76.0 cm³/mol. The summed E-state index contributed by atoms with van der Waals surface area (Å²) in [6, 6.07) is 7.72. The second kappa shape index (κ2) is 8.95. The lowest BCUT2D eigenvalue weighted by molar-refractivity contribution is -0.142. The van der Waals surface area contributed by atoms with Gasteiger partial charge in [-0.3, -0.25) is 4.79 Å². The molecule has 1 atom stereocenters. The molecule has 0 aromatic heterocycles. The van der Waals surface area contributed by atoms with Crippen molar-refractivity contribution in [3.05, 3.63) is 35.4 Å². The van der Waals surface area contributed by atoms with Gasteiger partial charge in [-0.25, -0.2) is 0 Å². The number of nitrogens with two attached hydrogens (primary N) is 1. The maximum Gasteiger partial charge on any atom is 0.322 e. The van der Waals surface area contributed by atoms with Crippen LogP contribution in [0.25, 0.3) is 0 Å². The van der Waals surface area contributed by atoms with E-state index in [0.717, 1.165) is 12.0 Å². The zero-order valence-corrected chi connectivity index (χ0v) is 11.8. The van der Waals surface area contributed by atoms with E-state index in [-0.39, 0.29) is 18.4 Å². The van der Waals surface area contributed by atoms with E-state index in [4.69, 9.17) is 5.73 Å². The molecule has 1 unspecified atom stereocenters. The van der Waals surface area contributed by atoms with Gasteiger partial charge in [0.2, 0.25) is 0 Å². The molecule has 0 saturated heterocycles. The van der Waals surface area contributed by atoms with Crippen molar-refractivity contribution in [3.63, 3.8) is 0 Å². The Morgan fingerprint density at radius 2 is 1.83 bits per heavy atom. The summed E-state index contributed by atoms with van der Waals surface area (Å²) in [6.45, 7) is 2.18. The molecule has 0 heterocycles. The highest BCUT2D eigenvalue weighted by Crippen LogP contribution is 2.09. The van der Waals surface area contributed by atoms with E-state index in [2.05, 4.69) is 23.8 Å². The number of hydrogen-bond acceptors (Lipinski definition) is 3. The molecule has 0 spiro atoms. The quantitative estimate of drug-likeness (QED) is 0.809. The molecule has 0 bridgehead atoms. The Morgan fingerprint density at radius 3 is 2.33 bits per heavy atom. The van der Waals surface area contributed by atoms with Crippen LogP contribution in [-0.2, 0) is 22.4 Å². The van der Waals surface area contributed by atoms with Crippen molar-refractivity contribution in [1.29, 1.82) is 0 Å². The maximum absolute atomic E-state index is 11.2. The molecule has 0 aliphatic heterocycles. The first-order chi connectivity index (χ1) is 8.17. The van der Waals surface area contributed by atoms with Crippen LogP contribution in [0.3, 0.4) is 0 Å². The number of ether oxygens (including phenoxy) is 1. The summed E-state index contributed by atoms with van der Waals surface area (Å²) >= 11 is 0. The van der Waals surface area contributed by atoms with Crippen molar-refractivity contribution >= 4 is 18.4 Å². The average molecular weight is 272 g/mol. The molecule has 0 aliphatic rings.